The highest BCUT2D eigenvalue weighted by atomic mass is 16.6. The monoisotopic (exact) mass is 514 g/mol. The van der Waals surface area contributed by atoms with Crippen molar-refractivity contribution >= 4 is 39.7 Å². The van der Waals surface area contributed by atoms with Gasteiger partial charge in [-0.3, -0.25) is 24.4 Å². The molecule has 12 heteroatoms. The minimum absolute atomic E-state index is 0.0918. The average molecular weight is 514 g/mol. The van der Waals surface area contributed by atoms with E-state index in [0.29, 0.717) is 33.4 Å². The number of hydrogen-bond acceptors (Lipinski definition) is 8. The lowest BCUT2D eigenvalue weighted by atomic mass is 10.2. The number of fused-ring (bicyclic) bond motifs is 2. The molecule has 0 saturated heterocycles. The fourth-order valence-electron chi connectivity index (χ4n) is 4.38. The fourth-order valence-corrected chi connectivity index (χ4v) is 4.38. The van der Waals surface area contributed by atoms with Gasteiger partial charge in [0.25, 0.3) is 11.2 Å². The lowest BCUT2D eigenvalue weighted by Crippen LogP contribution is -2.30. The maximum atomic E-state index is 13.3. The predicted octanol–water partition coefficient (Wildman–Crippen LogP) is 3.86. The number of non-ortho nitro benzene ring substituents is 1. The highest BCUT2D eigenvalue weighted by Crippen LogP contribution is 2.33. The van der Waals surface area contributed by atoms with Gasteiger partial charge in [-0.25, -0.2) is 10.4 Å². The molecule has 0 aliphatic rings. The summed E-state index contributed by atoms with van der Waals surface area (Å²) >= 11 is 0. The lowest BCUT2D eigenvalue weighted by molar-refractivity contribution is -0.384. The third-order valence-corrected chi connectivity index (χ3v) is 6.14. The quantitative estimate of drug-likeness (QED) is 0.206. The number of carbonyl (C=O) groups is 1. The number of nitro benzene ring substituents is 1. The summed E-state index contributed by atoms with van der Waals surface area (Å²) in [6.45, 7) is 5.44. The molecular formula is C26H22N6O6. The van der Waals surface area contributed by atoms with Gasteiger partial charge in [-0.05, 0) is 45.0 Å². The van der Waals surface area contributed by atoms with Crippen LogP contribution in [-0.2, 0) is 0 Å². The molecule has 38 heavy (non-hydrogen) atoms. The van der Waals surface area contributed by atoms with Crippen molar-refractivity contribution in [3.63, 3.8) is 0 Å². The number of rotatable bonds is 6. The first kappa shape index (κ1) is 24.4. The molecule has 3 heterocycles. The van der Waals surface area contributed by atoms with Crippen LogP contribution in [0.15, 0.2) is 62.8 Å². The summed E-state index contributed by atoms with van der Waals surface area (Å²) in [6.07, 6.45) is 1.46. The van der Waals surface area contributed by atoms with Crippen LogP contribution in [0.2, 0.25) is 0 Å². The van der Waals surface area contributed by atoms with Gasteiger partial charge in [0.15, 0.2) is 17.1 Å². The Labute approximate surface area is 214 Å². The molecule has 0 aliphatic carbocycles. The van der Waals surface area contributed by atoms with Crippen molar-refractivity contribution in [2.24, 2.45) is 5.10 Å². The van der Waals surface area contributed by atoms with Gasteiger partial charge in [0.1, 0.15) is 5.82 Å². The van der Waals surface area contributed by atoms with Crippen molar-refractivity contribution < 1.29 is 18.9 Å². The number of methoxy groups -OCH3 is 1. The van der Waals surface area contributed by atoms with E-state index >= 15 is 0 Å². The summed E-state index contributed by atoms with van der Waals surface area (Å²) in [5.41, 5.74) is 4.99. The van der Waals surface area contributed by atoms with Crippen LogP contribution in [0.4, 0.5) is 5.69 Å². The predicted molar refractivity (Wildman–Crippen MR) is 140 cm³/mol. The van der Waals surface area contributed by atoms with Crippen LogP contribution in [0.5, 0.6) is 5.75 Å². The van der Waals surface area contributed by atoms with E-state index < -0.39 is 10.8 Å². The molecular weight excluding hydrogens is 492 g/mol. The number of hydrogen-bond donors (Lipinski definition) is 1. The summed E-state index contributed by atoms with van der Waals surface area (Å²) in [7, 11) is 1.35. The first-order valence-corrected chi connectivity index (χ1v) is 11.5. The third-order valence-electron chi connectivity index (χ3n) is 6.14. The second-order valence-corrected chi connectivity index (χ2v) is 8.56. The number of ether oxygens (including phenoxy) is 1. The van der Waals surface area contributed by atoms with Crippen molar-refractivity contribution in [3.8, 4) is 5.75 Å². The summed E-state index contributed by atoms with van der Waals surface area (Å²) in [6, 6.07) is 12.9. The largest absolute Gasteiger partial charge is 0.493 e. The van der Waals surface area contributed by atoms with Crippen molar-refractivity contribution in [1.29, 1.82) is 0 Å². The number of para-hydroxylation sites is 1. The number of benzene rings is 2. The molecule has 1 N–H and O–H groups in total. The zero-order chi connectivity index (χ0) is 27.1. The van der Waals surface area contributed by atoms with E-state index in [4.69, 9.17) is 9.15 Å². The van der Waals surface area contributed by atoms with Gasteiger partial charge in [0.05, 0.1) is 35.2 Å². The molecule has 3 aromatic heterocycles. The lowest BCUT2D eigenvalue weighted by Gasteiger charge is -2.16. The molecule has 0 atom stereocenters. The SMILES string of the molecule is COc1cc([N+](=O)[O-])cc2cc(C(=O)NN=Cc3cc(C)n(-n4c(C)nc5ccccc5c4=O)c3C)oc12. The topological polar surface area (TPSA) is 147 Å². The van der Waals surface area contributed by atoms with Crippen LogP contribution < -0.4 is 15.7 Å². The van der Waals surface area contributed by atoms with Gasteiger partial charge >= 0.3 is 5.91 Å². The Hall–Kier alpha value is -5.26. The molecule has 5 aromatic rings. The Morgan fingerprint density at radius 2 is 1.92 bits per heavy atom. The molecule has 0 aliphatic heterocycles. The normalized spacial score (nSPS) is 11.5. The maximum Gasteiger partial charge on any atom is 0.307 e. The Bertz CT molecular complexity index is 1840. The number of aryl methyl sites for hydroxylation is 2. The van der Waals surface area contributed by atoms with Gasteiger partial charge in [-0.2, -0.15) is 9.78 Å². The number of nitrogens with zero attached hydrogens (tertiary/aromatic N) is 5. The van der Waals surface area contributed by atoms with E-state index in [0.717, 1.165) is 5.69 Å². The number of carbonyl (C=O) groups excluding carboxylic acids is 1. The van der Waals surface area contributed by atoms with Crippen LogP contribution in [0, 0.1) is 30.9 Å². The van der Waals surface area contributed by atoms with Crippen LogP contribution >= 0.6 is 0 Å². The number of amides is 1. The first-order chi connectivity index (χ1) is 18.2. The maximum absolute atomic E-state index is 13.3. The molecule has 2 aromatic carbocycles. The molecule has 5 rings (SSSR count). The Balaban J connectivity index is 1.43. The van der Waals surface area contributed by atoms with E-state index in [2.05, 4.69) is 15.5 Å². The Morgan fingerprint density at radius 3 is 2.66 bits per heavy atom. The van der Waals surface area contributed by atoms with E-state index in [9.17, 15) is 19.7 Å². The fraction of sp³-hybridized carbons (Fsp3) is 0.154. The van der Waals surface area contributed by atoms with Crippen molar-refractivity contribution in [2.75, 3.05) is 7.11 Å². The molecule has 192 valence electrons. The minimum atomic E-state index is -0.651. The average Bonchev–Trinajstić information content (AvgIpc) is 3.44. The minimum Gasteiger partial charge on any atom is -0.493 e. The van der Waals surface area contributed by atoms with Gasteiger partial charge < -0.3 is 9.15 Å². The van der Waals surface area contributed by atoms with Gasteiger partial charge in [-0.15, -0.1) is 0 Å². The second-order valence-electron chi connectivity index (χ2n) is 8.56. The summed E-state index contributed by atoms with van der Waals surface area (Å²) in [4.78, 5) is 41.1. The number of nitro groups is 1. The van der Waals surface area contributed by atoms with E-state index in [1.54, 1.807) is 29.8 Å². The molecule has 0 fully saturated rings. The molecule has 1 amide bonds. The highest BCUT2D eigenvalue weighted by Gasteiger charge is 2.20. The molecule has 0 saturated carbocycles. The van der Waals surface area contributed by atoms with Crippen LogP contribution in [0.3, 0.4) is 0 Å². The van der Waals surface area contributed by atoms with E-state index in [-0.39, 0.29) is 28.3 Å². The molecule has 12 nitrogen and oxygen atoms in total. The van der Waals surface area contributed by atoms with Crippen molar-refractivity contribution in [1.82, 2.24) is 19.8 Å². The number of aromatic nitrogens is 3. The zero-order valence-corrected chi connectivity index (χ0v) is 20.9. The van der Waals surface area contributed by atoms with E-state index in [1.807, 2.05) is 26.0 Å². The zero-order valence-electron chi connectivity index (χ0n) is 20.9. The van der Waals surface area contributed by atoms with Crippen LogP contribution in [-0.4, -0.2) is 38.5 Å². The number of furan rings is 1. The van der Waals surface area contributed by atoms with Crippen LogP contribution in [0.1, 0.15) is 33.3 Å². The smallest absolute Gasteiger partial charge is 0.307 e. The Kier molecular flexibility index (Phi) is 5.99. The first-order valence-electron chi connectivity index (χ1n) is 11.5. The molecule has 0 radical (unpaired) electrons. The number of hydrazone groups is 1. The van der Waals surface area contributed by atoms with Crippen molar-refractivity contribution in [3.05, 3.63) is 97.5 Å². The molecule has 0 spiro atoms. The second kappa shape index (κ2) is 9.32. The summed E-state index contributed by atoms with van der Waals surface area (Å²) in [5.74, 6) is -0.0849. The van der Waals surface area contributed by atoms with Gasteiger partial charge in [0, 0.05) is 28.4 Å². The van der Waals surface area contributed by atoms with Crippen molar-refractivity contribution in [2.45, 2.75) is 20.8 Å². The molecule has 0 unspecified atom stereocenters. The molecule has 0 bridgehead atoms. The summed E-state index contributed by atoms with van der Waals surface area (Å²) in [5, 5.41) is 16.1. The van der Waals surface area contributed by atoms with Gasteiger partial charge in [-0.1, -0.05) is 12.1 Å². The summed E-state index contributed by atoms with van der Waals surface area (Å²) < 4.78 is 14.0. The highest BCUT2D eigenvalue weighted by molar-refractivity contribution is 5.98. The van der Waals surface area contributed by atoms with Gasteiger partial charge in [0.2, 0.25) is 0 Å². The standard InChI is InChI=1S/C26H22N6O6/c1-14-9-18(15(2)30(14)31-16(3)28-21-8-6-5-7-20(21)26(31)34)13-27-29-25(33)23-11-17-10-19(32(35)36)12-22(37-4)24(17)38-23/h5-13H,1-4H3,(H,29,33). The Morgan fingerprint density at radius 1 is 1.16 bits per heavy atom. The van der Waals surface area contributed by atoms with E-state index in [1.165, 1.54) is 36.2 Å². The third kappa shape index (κ3) is 4.07. The number of nitrogens with one attached hydrogen (secondary N) is 1. The van der Waals surface area contributed by atoms with Crippen LogP contribution in [0.25, 0.3) is 21.9 Å².